The summed E-state index contributed by atoms with van der Waals surface area (Å²) in [5.41, 5.74) is 6.56. The summed E-state index contributed by atoms with van der Waals surface area (Å²) in [6.45, 7) is 0. The summed E-state index contributed by atoms with van der Waals surface area (Å²) in [7, 11) is 0. The highest BCUT2D eigenvalue weighted by Crippen LogP contribution is 2.16. The molecule has 2 rings (SSSR count). The van der Waals surface area contributed by atoms with Gasteiger partial charge in [-0.1, -0.05) is 0 Å². The van der Waals surface area contributed by atoms with Crippen LogP contribution >= 0.6 is 0 Å². The Morgan fingerprint density at radius 2 is 1.95 bits per heavy atom. The van der Waals surface area contributed by atoms with Crippen molar-refractivity contribution < 1.29 is 9.72 Å². The molecule has 1 aromatic carbocycles. The molecule has 0 aliphatic rings. The molecule has 0 bridgehead atoms. The second-order valence-corrected chi connectivity index (χ2v) is 3.73. The van der Waals surface area contributed by atoms with Crippen LogP contribution < -0.4 is 11.1 Å². The lowest BCUT2D eigenvalue weighted by atomic mass is 10.2. The fourth-order valence-electron chi connectivity index (χ4n) is 1.43. The first-order valence-corrected chi connectivity index (χ1v) is 5.33. The fourth-order valence-corrected chi connectivity index (χ4v) is 1.43. The van der Waals surface area contributed by atoms with Gasteiger partial charge >= 0.3 is 0 Å². The Bertz CT molecular complexity index is 625. The van der Waals surface area contributed by atoms with E-state index in [0.717, 1.165) is 0 Å². The number of nitrogen functional groups attached to an aromatic ring is 1. The molecule has 7 nitrogen and oxygen atoms in total. The van der Waals surface area contributed by atoms with Crippen LogP contribution in [0.2, 0.25) is 0 Å². The number of carbonyl (C=O) groups is 1. The summed E-state index contributed by atoms with van der Waals surface area (Å²) in [5.74, 6) is -0.429. The molecule has 2 aromatic rings. The molecule has 0 aliphatic heterocycles. The molecule has 1 aromatic heterocycles. The van der Waals surface area contributed by atoms with Gasteiger partial charge in [-0.25, -0.2) is 0 Å². The van der Waals surface area contributed by atoms with Crippen molar-refractivity contribution in [1.82, 2.24) is 4.98 Å². The first kappa shape index (κ1) is 12.5. The number of anilines is 2. The van der Waals surface area contributed by atoms with Crippen LogP contribution in [0.15, 0.2) is 42.6 Å². The number of benzene rings is 1. The van der Waals surface area contributed by atoms with Gasteiger partial charge in [0.2, 0.25) is 0 Å². The number of carbonyl (C=O) groups excluding carboxylic acids is 1. The normalized spacial score (nSPS) is 9.89. The van der Waals surface area contributed by atoms with E-state index in [9.17, 15) is 14.9 Å². The summed E-state index contributed by atoms with van der Waals surface area (Å²) in [4.78, 5) is 25.7. The maximum Gasteiger partial charge on any atom is 0.274 e. The molecule has 0 saturated carbocycles. The number of non-ortho nitro benzene ring substituents is 1. The highest BCUT2D eigenvalue weighted by atomic mass is 16.6. The van der Waals surface area contributed by atoms with Crippen LogP contribution in [-0.2, 0) is 0 Å². The lowest BCUT2D eigenvalue weighted by Gasteiger charge is -2.04. The summed E-state index contributed by atoms with van der Waals surface area (Å²) < 4.78 is 0. The number of nitro benzene ring substituents is 1. The lowest BCUT2D eigenvalue weighted by Crippen LogP contribution is -2.13. The van der Waals surface area contributed by atoms with Gasteiger partial charge in [-0.2, -0.15) is 0 Å². The number of aromatic nitrogens is 1. The van der Waals surface area contributed by atoms with Crippen LogP contribution in [0.3, 0.4) is 0 Å². The van der Waals surface area contributed by atoms with Crippen LogP contribution in [0.1, 0.15) is 10.5 Å². The molecule has 19 heavy (non-hydrogen) atoms. The fraction of sp³-hybridized carbons (Fsp3) is 0. The van der Waals surface area contributed by atoms with E-state index in [0.29, 0.717) is 11.4 Å². The molecular weight excluding hydrogens is 248 g/mol. The minimum Gasteiger partial charge on any atom is -0.399 e. The van der Waals surface area contributed by atoms with Crippen LogP contribution in [0, 0.1) is 10.1 Å². The van der Waals surface area contributed by atoms with Crippen molar-refractivity contribution in [3.63, 3.8) is 0 Å². The van der Waals surface area contributed by atoms with Crippen molar-refractivity contribution in [1.29, 1.82) is 0 Å². The Morgan fingerprint density at radius 3 is 2.53 bits per heavy atom. The molecule has 96 valence electrons. The predicted octanol–water partition coefficient (Wildman–Crippen LogP) is 1.82. The second-order valence-electron chi connectivity index (χ2n) is 3.73. The van der Waals surface area contributed by atoms with E-state index in [1.54, 1.807) is 6.07 Å². The Balaban J connectivity index is 2.13. The number of nitrogens with one attached hydrogen (secondary N) is 1. The molecule has 0 radical (unpaired) electrons. The van der Waals surface area contributed by atoms with Crippen molar-refractivity contribution in [2.45, 2.75) is 0 Å². The molecule has 0 unspecified atom stereocenters. The van der Waals surface area contributed by atoms with Gasteiger partial charge in [-0.05, 0) is 24.3 Å². The summed E-state index contributed by atoms with van der Waals surface area (Å²) in [6.07, 6.45) is 1.43. The molecule has 0 fully saturated rings. The van der Waals surface area contributed by atoms with Crippen molar-refractivity contribution >= 4 is 23.0 Å². The van der Waals surface area contributed by atoms with Gasteiger partial charge in [0.25, 0.3) is 11.6 Å². The third-order valence-corrected chi connectivity index (χ3v) is 2.35. The van der Waals surface area contributed by atoms with E-state index in [4.69, 9.17) is 5.73 Å². The minimum absolute atomic E-state index is 0.0416. The number of amides is 1. The molecule has 3 N–H and O–H groups in total. The molecule has 0 saturated heterocycles. The van der Waals surface area contributed by atoms with Gasteiger partial charge in [0, 0.05) is 29.7 Å². The van der Waals surface area contributed by atoms with Gasteiger partial charge in [0.15, 0.2) is 0 Å². The van der Waals surface area contributed by atoms with Gasteiger partial charge in [0.05, 0.1) is 4.92 Å². The lowest BCUT2D eigenvalue weighted by molar-refractivity contribution is -0.384. The first-order valence-electron chi connectivity index (χ1n) is 5.33. The van der Waals surface area contributed by atoms with E-state index in [2.05, 4.69) is 10.3 Å². The topological polar surface area (TPSA) is 111 Å². The van der Waals surface area contributed by atoms with Gasteiger partial charge in [-0.15, -0.1) is 0 Å². The van der Waals surface area contributed by atoms with Crippen molar-refractivity contribution in [2.24, 2.45) is 0 Å². The second kappa shape index (κ2) is 5.13. The molecule has 1 heterocycles. The number of pyridine rings is 1. The predicted molar refractivity (Wildman–Crippen MR) is 69.7 cm³/mol. The number of nitrogens with zero attached hydrogens (tertiary/aromatic N) is 2. The van der Waals surface area contributed by atoms with Crippen LogP contribution in [0.4, 0.5) is 17.1 Å². The minimum atomic E-state index is -0.509. The third kappa shape index (κ3) is 3.03. The Kier molecular flexibility index (Phi) is 3.37. The smallest absolute Gasteiger partial charge is 0.274 e. The summed E-state index contributed by atoms with van der Waals surface area (Å²) in [6, 6.07) is 8.53. The maximum atomic E-state index is 11.8. The van der Waals surface area contributed by atoms with Gasteiger partial charge < -0.3 is 11.1 Å². The first-order chi connectivity index (χ1) is 9.06. The van der Waals surface area contributed by atoms with Crippen molar-refractivity contribution in [3.8, 4) is 0 Å². The van der Waals surface area contributed by atoms with Crippen LogP contribution in [0.25, 0.3) is 0 Å². The molecule has 0 atom stereocenters. The van der Waals surface area contributed by atoms with Crippen LogP contribution in [0.5, 0.6) is 0 Å². The van der Waals surface area contributed by atoms with E-state index in [1.807, 2.05) is 0 Å². The standard InChI is InChI=1S/C12H10N4O3/c13-8-5-6-14-11(7-8)12(17)15-9-1-3-10(4-2-9)16(18)19/h1-7H,(H2,13,14)(H,15,17). The largest absolute Gasteiger partial charge is 0.399 e. The quantitative estimate of drug-likeness (QED) is 0.644. The zero-order valence-corrected chi connectivity index (χ0v) is 9.74. The third-order valence-electron chi connectivity index (χ3n) is 2.35. The highest BCUT2D eigenvalue weighted by molar-refractivity contribution is 6.03. The van der Waals surface area contributed by atoms with Crippen molar-refractivity contribution in [2.75, 3.05) is 11.1 Å². The van der Waals surface area contributed by atoms with Crippen LogP contribution in [-0.4, -0.2) is 15.8 Å². The van der Waals surface area contributed by atoms with E-state index in [1.165, 1.54) is 36.5 Å². The molecule has 0 spiro atoms. The average Bonchev–Trinajstić information content (AvgIpc) is 2.39. The number of hydrogen-bond donors (Lipinski definition) is 2. The molecule has 7 heteroatoms. The zero-order chi connectivity index (χ0) is 13.8. The Hall–Kier alpha value is -2.96. The zero-order valence-electron chi connectivity index (χ0n) is 9.74. The number of nitrogens with two attached hydrogens (primary N) is 1. The molecule has 1 amide bonds. The SMILES string of the molecule is Nc1ccnc(C(=O)Nc2ccc([N+](=O)[O-])cc2)c1. The number of rotatable bonds is 3. The maximum absolute atomic E-state index is 11.8. The summed E-state index contributed by atoms with van der Waals surface area (Å²) in [5, 5.41) is 13.1. The van der Waals surface area contributed by atoms with E-state index in [-0.39, 0.29) is 11.4 Å². The number of nitro groups is 1. The van der Waals surface area contributed by atoms with Crippen molar-refractivity contribution in [3.05, 3.63) is 58.4 Å². The molecular formula is C12H10N4O3. The monoisotopic (exact) mass is 258 g/mol. The van der Waals surface area contributed by atoms with Gasteiger partial charge in [-0.3, -0.25) is 19.9 Å². The highest BCUT2D eigenvalue weighted by Gasteiger charge is 2.09. The molecule has 0 aliphatic carbocycles. The van der Waals surface area contributed by atoms with E-state index >= 15 is 0 Å². The Labute approximate surface area is 108 Å². The summed E-state index contributed by atoms with van der Waals surface area (Å²) >= 11 is 0. The van der Waals surface area contributed by atoms with E-state index < -0.39 is 10.8 Å². The average molecular weight is 258 g/mol. The van der Waals surface area contributed by atoms with Gasteiger partial charge in [0.1, 0.15) is 5.69 Å². The Morgan fingerprint density at radius 1 is 1.26 bits per heavy atom. The number of hydrogen-bond acceptors (Lipinski definition) is 5.